The van der Waals surface area contributed by atoms with E-state index in [2.05, 4.69) is 0 Å². The second-order valence-electron chi connectivity index (χ2n) is 4.82. The number of carbonyl (C=O) groups is 2. The van der Waals surface area contributed by atoms with Crippen molar-refractivity contribution in [1.29, 1.82) is 0 Å². The molecule has 102 valence electrons. The SMILES string of the molecule is O=C(O)CN(C(=O)c1cccc(O)c1)C1CCCC1. The predicted molar refractivity (Wildman–Crippen MR) is 69.0 cm³/mol. The molecule has 0 aromatic heterocycles. The summed E-state index contributed by atoms with van der Waals surface area (Å²) in [4.78, 5) is 24.7. The van der Waals surface area contributed by atoms with Gasteiger partial charge in [0.05, 0.1) is 0 Å². The molecule has 0 unspecified atom stereocenters. The Bertz CT molecular complexity index is 480. The van der Waals surface area contributed by atoms with Crippen molar-refractivity contribution in [2.75, 3.05) is 6.54 Å². The molecule has 0 saturated heterocycles. The van der Waals surface area contributed by atoms with Crippen LogP contribution in [0.1, 0.15) is 36.0 Å². The van der Waals surface area contributed by atoms with Crippen LogP contribution in [0.5, 0.6) is 5.75 Å². The highest BCUT2D eigenvalue weighted by Crippen LogP contribution is 2.25. The van der Waals surface area contributed by atoms with Crippen LogP contribution in [0.3, 0.4) is 0 Å². The summed E-state index contributed by atoms with van der Waals surface area (Å²) in [7, 11) is 0. The Balaban J connectivity index is 2.21. The smallest absolute Gasteiger partial charge is 0.323 e. The maximum absolute atomic E-state index is 12.4. The number of aliphatic carboxylic acids is 1. The molecule has 1 aliphatic carbocycles. The van der Waals surface area contributed by atoms with Crippen LogP contribution in [0.25, 0.3) is 0 Å². The van der Waals surface area contributed by atoms with E-state index in [9.17, 15) is 14.7 Å². The molecule has 1 aromatic rings. The van der Waals surface area contributed by atoms with Gasteiger partial charge in [-0.1, -0.05) is 18.9 Å². The van der Waals surface area contributed by atoms with Crippen LogP contribution in [0.2, 0.25) is 0 Å². The highest BCUT2D eigenvalue weighted by atomic mass is 16.4. The number of phenols is 1. The molecule has 19 heavy (non-hydrogen) atoms. The molecule has 1 fully saturated rings. The number of benzene rings is 1. The molecule has 0 bridgehead atoms. The largest absolute Gasteiger partial charge is 0.508 e. The van der Waals surface area contributed by atoms with Crippen LogP contribution in [-0.2, 0) is 4.79 Å². The molecule has 0 heterocycles. The summed E-state index contributed by atoms with van der Waals surface area (Å²) in [5.74, 6) is -1.34. The fourth-order valence-corrected chi connectivity index (χ4v) is 2.53. The zero-order valence-corrected chi connectivity index (χ0v) is 10.6. The van der Waals surface area contributed by atoms with Gasteiger partial charge in [0.1, 0.15) is 12.3 Å². The molecule has 5 nitrogen and oxygen atoms in total. The normalized spacial score (nSPS) is 15.4. The molecule has 0 radical (unpaired) electrons. The first kappa shape index (κ1) is 13.4. The standard InChI is InChI=1S/C14H17NO4/c16-12-7-3-4-10(8-12)14(19)15(9-13(17)18)11-5-1-2-6-11/h3-4,7-8,11,16H,1-2,5-6,9H2,(H,17,18). The molecule has 0 spiro atoms. The van der Waals surface area contributed by atoms with Gasteiger partial charge in [-0.3, -0.25) is 9.59 Å². The first-order valence-electron chi connectivity index (χ1n) is 6.39. The molecular formula is C14H17NO4. The fraction of sp³-hybridized carbons (Fsp3) is 0.429. The topological polar surface area (TPSA) is 77.8 Å². The zero-order valence-electron chi connectivity index (χ0n) is 10.6. The Morgan fingerprint density at radius 3 is 2.53 bits per heavy atom. The van der Waals surface area contributed by atoms with Crippen molar-refractivity contribution in [2.45, 2.75) is 31.7 Å². The van der Waals surface area contributed by atoms with E-state index in [-0.39, 0.29) is 24.2 Å². The van der Waals surface area contributed by atoms with Crippen molar-refractivity contribution < 1.29 is 19.8 Å². The Labute approximate surface area is 111 Å². The van der Waals surface area contributed by atoms with Gasteiger partial charge >= 0.3 is 5.97 Å². The van der Waals surface area contributed by atoms with E-state index in [1.807, 2.05) is 0 Å². The maximum Gasteiger partial charge on any atom is 0.323 e. The summed E-state index contributed by atoms with van der Waals surface area (Å²) in [6.07, 6.45) is 3.73. The van der Waals surface area contributed by atoms with Gasteiger partial charge in [-0.15, -0.1) is 0 Å². The lowest BCUT2D eigenvalue weighted by Crippen LogP contribution is -2.42. The van der Waals surface area contributed by atoms with E-state index in [4.69, 9.17) is 5.11 Å². The number of rotatable bonds is 4. The Hall–Kier alpha value is -2.04. The minimum Gasteiger partial charge on any atom is -0.508 e. The van der Waals surface area contributed by atoms with Gasteiger partial charge in [0, 0.05) is 11.6 Å². The van der Waals surface area contributed by atoms with Crippen LogP contribution in [0.15, 0.2) is 24.3 Å². The molecule has 1 aromatic carbocycles. The quantitative estimate of drug-likeness (QED) is 0.869. The van der Waals surface area contributed by atoms with E-state index in [1.165, 1.54) is 17.0 Å². The third kappa shape index (κ3) is 3.24. The van der Waals surface area contributed by atoms with Gasteiger partial charge in [0.2, 0.25) is 0 Å². The van der Waals surface area contributed by atoms with Crippen molar-refractivity contribution in [3.63, 3.8) is 0 Å². The molecular weight excluding hydrogens is 246 g/mol. The molecule has 1 saturated carbocycles. The number of phenolic OH excluding ortho intramolecular Hbond substituents is 1. The Morgan fingerprint density at radius 2 is 1.95 bits per heavy atom. The van der Waals surface area contributed by atoms with Crippen molar-refractivity contribution in [3.8, 4) is 5.75 Å². The van der Waals surface area contributed by atoms with Gasteiger partial charge in [-0.2, -0.15) is 0 Å². The van der Waals surface area contributed by atoms with Gasteiger partial charge in [0.15, 0.2) is 0 Å². The minimum absolute atomic E-state index is 0.00699. The van der Waals surface area contributed by atoms with Crippen molar-refractivity contribution in [1.82, 2.24) is 4.90 Å². The number of carbonyl (C=O) groups excluding carboxylic acids is 1. The molecule has 2 N–H and O–H groups in total. The predicted octanol–water partition coefficient (Wildman–Crippen LogP) is 1.86. The van der Waals surface area contributed by atoms with Crippen molar-refractivity contribution >= 4 is 11.9 Å². The average molecular weight is 263 g/mol. The summed E-state index contributed by atoms with van der Waals surface area (Å²) >= 11 is 0. The van der Waals surface area contributed by atoms with E-state index < -0.39 is 5.97 Å². The first-order valence-corrected chi connectivity index (χ1v) is 6.39. The van der Waals surface area contributed by atoms with Gasteiger partial charge in [-0.25, -0.2) is 0 Å². The summed E-state index contributed by atoms with van der Waals surface area (Å²) in [5.41, 5.74) is 0.327. The van der Waals surface area contributed by atoms with Crippen LogP contribution in [0, 0.1) is 0 Å². The van der Waals surface area contributed by atoms with E-state index in [0.29, 0.717) is 5.56 Å². The van der Waals surface area contributed by atoms with Gasteiger partial charge < -0.3 is 15.1 Å². The van der Waals surface area contributed by atoms with Crippen LogP contribution in [-0.4, -0.2) is 39.6 Å². The molecule has 1 amide bonds. The second-order valence-corrected chi connectivity index (χ2v) is 4.82. The third-order valence-electron chi connectivity index (χ3n) is 3.43. The lowest BCUT2D eigenvalue weighted by atomic mass is 10.1. The molecule has 0 atom stereocenters. The molecule has 0 aliphatic heterocycles. The summed E-state index contributed by atoms with van der Waals surface area (Å²) in [5, 5.41) is 18.4. The molecule has 2 rings (SSSR count). The monoisotopic (exact) mass is 263 g/mol. The number of amides is 1. The Kier molecular flexibility index (Phi) is 4.04. The number of nitrogens with zero attached hydrogens (tertiary/aromatic N) is 1. The van der Waals surface area contributed by atoms with Gasteiger partial charge in [0.25, 0.3) is 5.91 Å². The number of aromatic hydroxyl groups is 1. The average Bonchev–Trinajstić information content (AvgIpc) is 2.88. The highest BCUT2D eigenvalue weighted by molar-refractivity contribution is 5.96. The highest BCUT2D eigenvalue weighted by Gasteiger charge is 2.29. The lowest BCUT2D eigenvalue weighted by molar-refractivity contribution is -0.138. The lowest BCUT2D eigenvalue weighted by Gasteiger charge is -2.27. The Morgan fingerprint density at radius 1 is 1.26 bits per heavy atom. The van der Waals surface area contributed by atoms with Crippen LogP contribution < -0.4 is 0 Å². The maximum atomic E-state index is 12.4. The number of hydrogen-bond donors (Lipinski definition) is 2. The summed E-state index contributed by atoms with van der Waals surface area (Å²) < 4.78 is 0. The number of carboxylic acid groups (broad SMARTS) is 1. The van der Waals surface area contributed by atoms with Crippen LogP contribution in [0.4, 0.5) is 0 Å². The fourth-order valence-electron chi connectivity index (χ4n) is 2.53. The third-order valence-corrected chi connectivity index (χ3v) is 3.43. The van der Waals surface area contributed by atoms with E-state index >= 15 is 0 Å². The van der Waals surface area contributed by atoms with Crippen LogP contribution >= 0.6 is 0 Å². The zero-order chi connectivity index (χ0) is 13.8. The molecule has 5 heteroatoms. The number of carboxylic acids is 1. The van der Waals surface area contributed by atoms with E-state index in [0.717, 1.165) is 25.7 Å². The van der Waals surface area contributed by atoms with Crippen molar-refractivity contribution in [2.24, 2.45) is 0 Å². The van der Waals surface area contributed by atoms with Crippen molar-refractivity contribution in [3.05, 3.63) is 29.8 Å². The number of hydrogen-bond acceptors (Lipinski definition) is 3. The van der Waals surface area contributed by atoms with Gasteiger partial charge in [-0.05, 0) is 31.0 Å². The molecule has 1 aliphatic rings. The first-order chi connectivity index (χ1) is 9.08. The summed E-state index contributed by atoms with van der Waals surface area (Å²) in [6, 6.07) is 6.01. The van der Waals surface area contributed by atoms with E-state index in [1.54, 1.807) is 12.1 Å². The minimum atomic E-state index is -1.01. The second kappa shape index (κ2) is 5.73. The summed E-state index contributed by atoms with van der Waals surface area (Å²) in [6.45, 7) is -0.293.